The molecular weight excluding hydrogens is 166 g/mol. The molecule has 1 N–H and O–H groups in total. The van der Waals surface area contributed by atoms with Gasteiger partial charge < -0.3 is 10.0 Å². The van der Waals surface area contributed by atoms with E-state index in [-0.39, 0.29) is 12.5 Å². The molecule has 0 spiro atoms. The number of amides is 1. The van der Waals surface area contributed by atoms with Gasteiger partial charge in [0.05, 0.1) is 0 Å². The molecule has 0 aromatic rings. The average molecular weight is 181 g/mol. The lowest BCUT2D eigenvalue weighted by atomic mass is 10.2. The Morgan fingerprint density at radius 3 is 2.62 bits per heavy atom. The van der Waals surface area contributed by atoms with Gasteiger partial charge in [-0.1, -0.05) is 6.58 Å². The van der Waals surface area contributed by atoms with Gasteiger partial charge >= 0.3 is 0 Å². The molecule has 0 radical (unpaired) electrons. The fraction of sp³-hybridized carbons (Fsp3) is 0.500. The molecule has 0 unspecified atom stereocenters. The normalized spacial score (nSPS) is 15.9. The smallest absolute Gasteiger partial charge is 0.251 e. The topological polar surface area (TPSA) is 40.5 Å². The van der Waals surface area contributed by atoms with Crippen LogP contribution in [0.5, 0.6) is 0 Å². The monoisotopic (exact) mass is 181 g/mol. The van der Waals surface area contributed by atoms with Gasteiger partial charge in [-0.15, -0.1) is 0 Å². The van der Waals surface area contributed by atoms with Gasteiger partial charge in [0, 0.05) is 24.9 Å². The first-order chi connectivity index (χ1) is 6.25. The number of carbonyl (C=O) groups is 1. The van der Waals surface area contributed by atoms with Gasteiger partial charge in [0.15, 0.2) is 0 Å². The lowest BCUT2D eigenvalue weighted by Gasteiger charge is -2.16. The fourth-order valence-electron chi connectivity index (χ4n) is 1.30. The third-order valence-corrected chi connectivity index (χ3v) is 2.07. The molecule has 0 aliphatic carbocycles. The van der Waals surface area contributed by atoms with Crippen molar-refractivity contribution in [3.8, 4) is 0 Å². The van der Waals surface area contributed by atoms with Crippen LogP contribution >= 0.6 is 0 Å². The Balaban J connectivity index is 2.22. The maximum absolute atomic E-state index is 11.2. The van der Waals surface area contributed by atoms with Crippen molar-refractivity contribution in [1.29, 1.82) is 0 Å². The summed E-state index contributed by atoms with van der Waals surface area (Å²) in [5.41, 5.74) is 0.772. The third kappa shape index (κ3) is 2.70. The molecule has 0 saturated heterocycles. The number of nitrogens with zero attached hydrogens (tertiary/aromatic N) is 1. The molecule has 13 heavy (non-hydrogen) atoms. The van der Waals surface area contributed by atoms with E-state index in [1.165, 1.54) is 6.08 Å². The molecule has 0 atom stereocenters. The minimum absolute atomic E-state index is 0.0222. The van der Waals surface area contributed by atoms with Crippen LogP contribution in [0.25, 0.3) is 0 Å². The summed E-state index contributed by atoms with van der Waals surface area (Å²) < 4.78 is 0. The summed E-state index contributed by atoms with van der Waals surface area (Å²) in [5.74, 6) is 0.0222. The molecule has 1 aliphatic rings. The van der Waals surface area contributed by atoms with Crippen LogP contribution in [0.4, 0.5) is 0 Å². The van der Waals surface area contributed by atoms with E-state index < -0.39 is 0 Å². The molecule has 72 valence electrons. The molecule has 1 amide bonds. The molecule has 3 nitrogen and oxygen atoms in total. The van der Waals surface area contributed by atoms with E-state index in [2.05, 4.69) is 6.58 Å². The second-order valence-corrected chi connectivity index (χ2v) is 3.10. The standard InChI is InChI=1S/C10H15NO2/c1-9-5-6-10(13)11(9)7-3-2-4-8-12/h5-6,12H,1-4,7-8H2. The molecule has 0 aromatic carbocycles. The first-order valence-corrected chi connectivity index (χ1v) is 4.55. The first-order valence-electron chi connectivity index (χ1n) is 4.55. The van der Waals surface area contributed by atoms with E-state index in [1.807, 2.05) is 0 Å². The van der Waals surface area contributed by atoms with Crippen LogP contribution in [0.15, 0.2) is 24.4 Å². The number of aliphatic hydroxyl groups excluding tert-OH is 1. The summed E-state index contributed by atoms with van der Waals surface area (Å²) in [6, 6.07) is 0. The zero-order valence-corrected chi connectivity index (χ0v) is 7.70. The molecule has 1 heterocycles. The highest BCUT2D eigenvalue weighted by Crippen LogP contribution is 2.13. The van der Waals surface area contributed by atoms with Crippen molar-refractivity contribution < 1.29 is 9.90 Å². The van der Waals surface area contributed by atoms with Gasteiger partial charge in [0.2, 0.25) is 0 Å². The zero-order chi connectivity index (χ0) is 9.68. The fourth-order valence-corrected chi connectivity index (χ4v) is 1.30. The van der Waals surface area contributed by atoms with Crippen molar-refractivity contribution in [1.82, 2.24) is 4.90 Å². The summed E-state index contributed by atoms with van der Waals surface area (Å²) in [5, 5.41) is 8.55. The van der Waals surface area contributed by atoms with Gasteiger partial charge in [-0.05, 0) is 25.3 Å². The van der Waals surface area contributed by atoms with Crippen molar-refractivity contribution in [2.45, 2.75) is 19.3 Å². The molecule has 0 bridgehead atoms. The third-order valence-electron chi connectivity index (χ3n) is 2.07. The highest BCUT2D eigenvalue weighted by Gasteiger charge is 2.17. The zero-order valence-electron chi connectivity index (χ0n) is 7.70. The Bertz CT molecular complexity index is 215. The SMILES string of the molecule is C=C1C=CC(=O)N1CCCCCO. The quantitative estimate of drug-likeness (QED) is 0.644. The molecule has 1 aliphatic heterocycles. The van der Waals surface area contributed by atoms with E-state index in [1.54, 1.807) is 11.0 Å². The predicted molar refractivity (Wildman–Crippen MR) is 50.9 cm³/mol. The van der Waals surface area contributed by atoms with E-state index >= 15 is 0 Å². The van der Waals surface area contributed by atoms with Crippen LogP contribution in [-0.4, -0.2) is 29.1 Å². The minimum Gasteiger partial charge on any atom is -0.396 e. The first kappa shape index (κ1) is 9.99. The van der Waals surface area contributed by atoms with Crippen LogP contribution in [0.1, 0.15) is 19.3 Å². The van der Waals surface area contributed by atoms with Crippen LogP contribution in [0.3, 0.4) is 0 Å². The minimum atomic E-state index is 0.0222. The number of hydrogen-bond acceptors (Lipinski definition) is 2. The number of rotatable bonds is 5. The van der Waals surface area contributed by atoms with Gasteiger partial charge in [0.1, 0.15) is 0 Å². The van der Waals surface area contributed by atoms with E-state index in [0.717, 1.165) is 25.0 Å². The largest absolute Gasteiger partial charge is 0.396 e. The van der Waals surface area contributed by atoms with Crippen molar-refractivity contribution in [3.63, 3.8) is 0 Å². The number of aliphatic hydroxyl groups is 1. The number of carbonyl (C=O) groups excluding carboxylic acids is 1. The Morgan fingerprint density at radius 2 is 2.08 bits per heavy atom. The summed E-state index contributed by atoms with van der Waals surface area (Å²) in [4.78, 5) is 12.8. The summed E-state index contributed by atoms with van der Waals surface area (Å²) in [6.07, 6.45) is 5.95. The van der Waals surface area contributed by atoms with Crippen molar-refractivity contribution in [2.24, 2.45) is 0 Å². The van der Waals surface area contributed by atoms with Crippen LogP contribution in [0.2, 0.25) is 0 Å². The summed E-state index contributed by atoms with van der Waals surface area (Å²) in [6.45, 7) is 4.70. The van der Waals surface area contributed by atoms with Gasteiger partial charge in [-0.3, -0.25) is 4.79 Å². The Morgan fingerprint density at radius 1 is 1.31 bits per heavy atom. The highest BCUT2D eigenvalue weighted by molar-refractivity contribution is 5.92. The van der Waals surface area contributed by atoms with Crippen molar-refractivity contribution >= 4 is 5.91 Å². The molecule has 1 rings (SSSR count). The highest BCUT2D eigenvalue weighted by atomic mass is 16.2. The lowest BCUT2D eigenvalue weighted by molar-refractivity contribution is -0.123. The van der Waals surface area contributed by atoms with Crippen LogP contribution < -0.4 is 0 Å². The lowest BCUT2D eigenvalue weighted by Crippen LogP contribution is -2.24. The van der Waals surface area contributed by atoms with Gasteiger partial charge in [-0.2, -0.15) is 0 Å². The van der Waals surface area contributed by atoms with Crippen LogP contribution in [-0.2, 0) is 4.79 Å². The molecule has 0 fully saturated rings. The number of hydrogen-bond donors (Lipinski definition) is 1. The Hall–Kier alpha value is -1.09. The van der Waals surface area contributed by atoms with E-state index in [9.17, 15) is 4.79 Å². The van der Waals surface area contributed by atoms with Crippen molar-refractivity contribution in [2.75, 3.05) is 13.2 Å². The maximum Gasteiger partial charge on any atom is 0.251 e. The second kappa shape index (κ2) is 4.82. The van der Waals surface area contributed by atoms with Crippen LogP contribution in [0, 0.1) is 0 Å². The number of allylic oxidation sites excluding steroid dienone is 1. The second-order valence-electron chi connectivity index (χ2n) is 3.10. The van der Waals surface area contributed by atoms with E-state index in [4.69, 9.17) is 5.11 Å². The molecule has 0 saturated carbocycles. The maximum atomic E-state index is 11.2. The van der Waals surface area contributed by atoms with Crippen molar-refractivity contribution in [3.05, 3.63) is 24.4 Å². The summed E-state index contributed by atoms with van der Waals surface area (Å²) in [7, 11) is 0. The van der Waals surface area contributed by atoms with Gasteiger partial charge in [0.25, 0.3) is 5.91 Å². The Kier molecular flexibility index (Phi) is 3.71. The number of unbranched alkanes of at least 4 members (excludes halogenated alkanes) is 2. The van der Waals surface area contributed by atoms with E-state index in [0.29, 0.717) is 6.54 Å². The Labute approximate surface area is 78.4 Å². The average Bonchev–Trinajstić information content (AvgIpc) is 2.42. The molecule has 3 heteroatoms. The summed E-state index contributed by atoms with van der Waals surface area (Å²) >= 11 is 0. The van der Waals surface area contributed by atoms with Gasteiger partial charge in [-0.25, -0.2) is 0 Å². The molecule has 0 aromatic heterocycles. The predicted octanol–water partition coefficient (Wildman–Crippen LogP) is 1.06. The molecular formula is C10H15NO2.